The number of hydrogen-bond acceptors (Lipinski definition) is 18. The molecule has 0 aromatic heterocycles. The van der Waals surface area contributed by atoms with Crippen molar-refractivity contribution in [2.45, 2.75) is 438 Å². The van der Waals surface area contributed by atoms with Gasteiger partial charge in [-0.05, 0) is 109 Å². The molecule has 7 unspecified atom stereocenters. The maximum atomic E-state index is 13.3. The van der Waals surface area contributed by atoms with Crippen LogP contribution in [0.4, 0.5) is 0 Å². The molecular weight excluding hydrogens is 1510 g/mol. The molecule has 0 saturated carbocycles. The third kappa shape index (κ3) is 78.5. The Labute approximate surface area is 697 Å². The van der Waals surface area contributed by atoms with Gasteiger partial charge in [0.2, 0.25) is 23.6 Å². The predicted octanol–water partition coefficient (Wildman–Crippen LogP) is 20.7. The number of unbranched alkanes of at least 4 members (excludes halogenated alkanes) is 36. The van der Waals surface area contributed by atoms with Crippen molar-refractivity contribution in [2.75, 3.05) is 65.9 Å². The number of allylic oxidation sites excluding steroid dienone is 4. The molecule has 0 bridgehead atoms. The normalized spacial score (nSPS) is 14.1. The average Bonchev–Trinajstić information content (AvgIpc) is 0.909. The van der Waals surface area contributed by atoms with Gasteiger partial charge in [-0.1, -0.05) is 271 Å². The van der Waals surface area contributed by atoms with E-state index in [9.17, 15) is 57.6 Å². The molecule has 7 N–H and O–H groups in total. The first kappa shape index (κ1) is 111. The lowest BCUT2D eigenvalue weighted by Crippen LogP contribution is -2.42. The van der Waals surface area contributed by atoms with Crippen molar-refractivity contribution in [3.05, 3.63) is 24.3 Å². The lowest BCUT2D eigenvalue weighted by molar-refractivity contribution is -0.150. The van der Waals surface area contributed by atoms with Crippen LogP contribution >= 0.6 is 15.6 Å². The van der Waals surface area contributed by atoms with E-state index in [2.05, 4.69) is 87.1 Å². The minimum absolute atomic E-state index is 0.0232. The number of nitrogens with one attached hydrogen (secondary N) is 4. The smallest absolute Gasteiger partial charge is 0.462 e. The van der Waals surface area contributed by atoms with Crippen molar-refractivity contribution in [3.8, 4) is 0 Å². The molecule has 0 aromatic rings. The van der Waals surface area contributed by atoms with Crippen LogP contribution in [0.2, 0.25) is 0 Å². The van der Waals surface area contributed by atoms with E-state index in [1.54, 1.807) is 0 Å². The predicted molar refractivity (Wildman–Crippen MR) is 461 cm³/mol. The average molecular weight is 1680 g/mol. The Bertz CT molecular complexity index is 2510. The summed E-state index contributed by atoms with van der Waals surface area (Å²) in [5, 5.41) is 21.6. The summed E-state index contributed by atoms with van der Waals surface area (Å²) < 4.78 is 71.4. The summed E-state index contributed by atoms with van der Waals surface area (Å²) in [6.45, 7) is 11.1. The van der Waals surface area contributed by atoms with Gasteiger partial charge in [-0.25, -0.2) is 9.13 Å². The highest BCUT2D eigenvalue weighted by Gasteiger charge is 2.28. The molecule has 0 spiro atoms. The number of amides is 4. The van der Waals surface area contributed by atoms with Crippen molar-refractivity contribution in [3.63, 3.8) is 0 Å². The van der Waals surface area contributed by atoms with Gasteiger partial charge in [0.15, 0.2) is 6.29 Å². The van der Waals surface area contributed by atoms with Crippen LogP contribution in [0.3, 0.4) is 0 Å². The standard InChI is InChI=1S/C89H168N4O20P2/c1-7-13-19-25-29-33-37-39-45-49-57-81(95)73-87(99)93-79(75-107-69-65-83(59-51-43-24-18-12-6)113-89(101)63-53-47-41-36-32-28-22-16-10-4)77-111-115(104,105)109-71-67-91-85(97)61-55-54-60-84(96)90-66-70-108-114(102,103)110-76-78(92-86(98)72-80(94)56-48-44-38-34-30-26-20-14-8-2)74-106-68-64-82(58-50-42-23-17-11-5)112-88(100)62-52-46-40-35-31-27-21-15-9-3/h35-36,40-41,78-79,82-83,89,101H,7-34,37-39,42-77H2,1-6H3,(H,90,96)(H,91,97)(H,92,98)(H,93,99)(H,102,103)(H,104,105). The fourth-order valence-corrected chi connectivity index (χ4v) is 14.8. The van der Waals surface area contributed by atoms with Crippen molar-refractivity contribution >= 4 is 56.8 Å². The Morgan fingerprint density at radius 1 is 0.330 bits per heavy atom. The van der Waals surface area contributed by atoms with Crippen LogP contribution in [0.5, 0.6) is 0 Å². The third-order valence-electron chi connectivity index (χ3n) is 20.2. The SMILES string of the molecule is CCCCCCC=CCCCC(=O)OC(CCCCCCC)CCOCC(COP(=O)(O)OCCNC(=O)CCCCC(=O)NCCOP(=O)(O)OCC(COCCC(CCCCCCC)OC(O)CCCC=CCCCCCC)NC(=O)CC(=O)CCCCCCCCCCCC)NC(=O)CC(=O)CCCCCCCCCCC. The van der Waals surface area contributed by atoms with E-state index in [4.69, 9.17) is 37.0 Å². The molecule has 0 fully saturated rings. The van der Waals surface area contributed by atoms with Gasteiger partial charge in [0.05, 0.1) is 77.3 Å². The first-order chi connectivity index (χ1) is 55.7. The zero-order chi connectivity index (χ0) is 84.6. The highest BCUT2D eigenvalue weighted by molar-refractivity contribution is 7.47. The summed E-state index contributed by atoms with van der Waals surface area (Å²) in [6, 6.07) is -1.90. The Kier molecular flexibility index (Phi) is 78.6. The van der Waals surface area contributed by atoms with Crippen molar-refractivity contribution < 1.29 is 94.6 Å². The number of aliphatic hydroxyl groups excluding tert-OH is 1. The number of ketones is 2. The number of hydrogen-bond donors (Lipinski definition) is 7. The molecule has 0 rings (SSSR count). The Hall–Kier alpha value is -3.77. The summed E-state index contributed by atoms with van der Waals surface area (Å²) in [4.78, 5) is 112. The number of rotatable bonds is 89. The van der Waals surface area contributed by atoms with Crippen molar-refractivity contribution in [2.24, 2.45) is 0 Å². The molecule has 0 radical (unpaired) electrons. The zero-order valence-electron chi connectivity index (χ0n) is 73.2. The molecule has 0 saturated heterocycles. The van der Waals surface area contributed by atoms with E-state index in [1.165, 1.54) is 122 Å². The highest BCUT2D eigenvalue weighted by atomic mass is 31.2. The Morgan fingerprint density at radius 3 is 1.06 bits per heavy atom. The number of esters is 1. The molecule has 674 valence electrons. The summed E-state index contributed by atoms with van der Waals surface area (Å²) in [6.07, 6.45) is 57.1. The second-order valence-corrected chi connectivity index (χ2v) is 34.4. The summed E-state index contributed by atoms with van der Waals surface area (Å²) in [5.41, 5.74) is 0. The molecule has 0 aliphatic heterocycles. The first-order valence-electron chi connectivity index (χ1n) is 46.1. The highest BCUT2D eigenvalue weighted by Crippen LogP contribution is 2.44. The molecule has 0 heterocycles. The second-order valence-electron chi connectivity index (χ2n) is 31.5. The molecule has 7 atom stereocenters. The van der Waals surface area contributed by atoms with E-state index in [0.717, 1.165) is 141 Å². The number of carbonyl (C=O) groups excluding carboxylic acids is 7. The number of ether oxygens (including phenoxy) is 4. The van der Waals surface area contributed by atoms with Crippen molar-refractivity contribution in [1.29, 1.82) is 0 Å². The lowest BCUT2D eigenvalue weighted by Gasteiger charge is -2.23. The largest absolute Gasteiger partial charge is 0.472 e. The fraction of sp³-hybridized carbons (Fsp3) is 0.876. The molecule has 115 heavy (non-hydrogen) atoms. The summed E-state index contributed by atoms with van der Waals surface area (Å²) >= 11 is 0. The number of phosphoric acid groups is 2. The van der Waals surface area contributed by atoms with Crippen LogP contribution in [-0.4, -0.2) is 153 Å². The van der Waals surface area contributed by atoms with Gasteiger partial charge in [-0.3, -0.25) is 51.7 Å². The minimum Gasteiger partial charge on any atom is -0.462 e. The van der Waals surface area contributed by atoms with E-state index in [-0.39, 0.29) is 108 Å². The maximum absolute atomic E-state index is 13.3. The third-order valence-corrected chi connectivity index (χ3v) is 22.1. The number of carbonyl (C=O) groups is 7. The maximum Gasteiger partial charge on any atom is 0.472 e. The number of Topliss-reactive ketones (excluding diaryl/α,β-unsaturated/α-hetero) is 2. The fourth-order valence-electron chi connectivity index (χ4n) is 13.2. The van der Waals surface area contributed by atoms with E-state index in [0.29, 0.717) is 64.2 Å². The first-order valence-corrected chi connectivity index (χ1v) is 49.1. The molecule has 0 aromatic carbocycles. The number of phosphoric ester groups is 2. The molecular formula is C89H168N4O20P2. The van der Waals surface area contributed by atoms with E-state index >= 15 is 0 Å². The van der Waals surface area contributed by atoms with Gasteiger partial charge in [0.25, 0.3) is 0 Å². The van der Waals surface area contributed by atoms with Gasteiger partial charge >= 0.3 is 21.6 Å². The van der Waals surface area contributed by atoms with Gasteiger partial charge in [0, 0.05) is 58.2 Å². The van der Waals surface area contributed by atoms with E-state index < -0.39 is 84.1 Å². The van der Waals surface area contributed by atoms with Gasteiger partial charge in [-0.15, -0.1) is 0 Å². The summed E-state index contributed by atoms with van der Waals surface area (Å²) in [5.74, 6) is -2.64. The minimum atomic E-state index is -4.74. The Morgan fingerprint density at radius 2 is 0.661 bits per heavy atom. The van der Waals surface area contributed by atoms with Gasteiger partial charge in [-0.2, -0.15) is 0 Å². The molecule has 0 aliphatic carbocycles. The quantitative estimate of drug-likeness (QED) is 0.00743. The monoisotopic (exact) mass is 1680 g/mol. The van der Waals surface area contributed by atoms with Crippen LogP contribution in [-0.2, 0) is 79.7 Å². The zero-order valence-corrected chi connectivity index (χ0v) is 75.0. The molecule has 0 aliphatic rings. The molecule has 4 amide bonds. The topological polar surface area (TPSA) is 336 Å². The van der Waals surface area contributed by atoms with E-state index in [1.807, 2.05) is 0 Å². The summed E-state index contributed by atoms with van der Waals surface area (Å²) in [7, 11) is -9.48. The van der Waals surface area contributed by atoms with Gasteiger partial charge < -0.3 is 55.1 Å². The second kappa shape index (κ2) is 81.2. The lowest BCUT2D eigenvalue weighted by atomic mass is 10.0. The van der Waals surface area contributed by atoms with Gasteiger partial charge in [0.1, 0.15) is 17.7 Å². The number of aliphatic hydroxyl groups is 1. The van der Waals surface area contributed by atoms with Crippen LogP contribution < -0.4 is 21.3 Å². The Balaban J connectivity index is 5.48. The van der Waals surface area contributed by atoms with Crippen molar-refractivity contribution in [1.82, 2.24) is 21.3 Å². The molecule has 26 heteroatoms. The van der Waals surface area contributed by atoms with Crippen LogP contribution in [0.25, 0.3) is 0 Å². The van der Waals surface area contributed by atoms with Crippen LogP contribution in [0.1, 0.15) is 408 Å². The van der Waals surface area contributed by atoms with Crippen LogP contribution in [0.15, 0.2) is 24.3 Å². The molecule has 24 nitrogen and oxygen atoms in total. The van der Waals surface area contributed by atoms with Crippen LogP contribution in [0, 0.1) is 0 Å².